The highest BCUT2D eigenvalue weighted by molar-refractivity contribution is 9.10. The Morgan fingerprint density at radius 3 is 2.90 bits per heavy atom. The van der Waals surface area contributed by atoms with E-state index < -0.39 is 0 Å². The van der Waals surface area contributed by atoms with Crippen molar-refractivity contribution in [2.24, 2.45) is 0 Å². The fourth-order valence-electron chi connectivity index (χ4n) is 1.71. The highest BCUT2D eigenvalue weighted by atomic mass is 79.9. The van der Waals surface area contributed by atoms with Gasteiger partial charge in [0.2, 0.25) is 5.89 Å². The van der Waals surface area contributed by atoms with E-state index in [-0.39, 0.29) is 0 Å². The van der Waals surface area contributed by atoms with E-state index in [4.69, 9.17) is 13.9 Å². The van der Waals surface area contributed by atoms with Gasteiger partial charge in [-0.2, -0.15) is 0 Å². The molecule has 0 spiro atoms. The summed E-state index contributed by atoms with van der Waals surface area (Å²) >= 11 is 3.45. The zero-order valence-corrected chi connectivity index (χ0v) is 13.1. The molecular formula is C14H17BrN2O3. The molecule has 20 heavy (non-hydrogen) atoms. The van der Waals surface area contributed by atoms with E-state index >= 15 is 0 Å². The van der Waals surface area contributed by atoms with Gasteiger partial charge in [0.1, 0.15) is 12.0 Å². The van der Waals surface area contributed by atoms with Crippen LogP contribution < -0.4 is 10.1 Å². The summed E-state index contributed by atoms with van der Waals surface area (Å²) in [7, 11) is 3.31. The molecule has 0 aliphatic heterocycles. The van der Waals surface area contributed by atoms with Crippen LogP contribution in [0.25, 0.3) is 11.5 Å². The molecule has 0 saturated heterocycles. The fraction of sp³-hybridized carbons (Fsp3) is 0.357. The Morgan fingerprint density at radius 1 is 1.35 bits per heavy atom. The van der Waals surface area contributed by atoms with Crippen molar-refractivity contribution >= 4 is 15.9 Å². The number of hydrogen-bond acceptors (Lipinski definition) is 5. The fourth-order valence-corrected chi connectivity index (χ4v) is 2.25. The second-order valence-corrected chi connectivity index (χ2v) is 5.02. The van der Waals surface area contributed by atoms with Crippen molar-refractivity contribution in [2.75, 3.05) is 27.4 Å². The first kappa shape index (κ1) is 15.0. The van der Waals surface area contributed by atoms with Gasteiger partial charge in [-0.25, -0.2) is 4.98 Å². The summed E-state index contributed by atoms with van der Waals surface area (Å²) in [6.07, 6.45) is 1.66. The molecule has 108 valence electrons. The summed E-state index contributed by atoms with van der Waals surface area (Å²) in [5.41, 5.74) is 1.77. The van der Waals surface area contributed by atoms with Gasteiger partial charge in [0.05, 0.1) is 23.9 Å². The molecule has 1 aromatic heterocycles. The van der Waals surface area contributed by atoms with Crippen LogP contribution in [0.2, 0.25) is 0 Å². The molecule has 0 atom stereocenters. The van der Waals surface area contributed by atoms with Crippen LogP contribution in [0, 0.1) is 0 Å². The van der Waals surface area contributed by atoms with Gasteiger partial charge < -0.3 is 19.2 Å². The van der Waals surface area contributed by atoms with E-state index in [0.717, 1.165) is 28.0 Å². The van der Waals surface area contributed by atoms with Crippen LogP contribution >= 0.6 is 15.9 Å². The number of rotatable bonds is 7. The summed E-state index contributed by atoms with van der Waals surface area (Å²) in [5, 5.41) is 3.22. The zero-order valence-electron chi connectivity index (χ0n) is 11.5. The van der Waals surface area contributed by atoms with Crippen LogP contribution in [0.4, 0.5) is 0 Å². The molecule has 0 fully saturated rings. The Morgan fingerprint density at radius 2 is 2.20 bits per heavy atom. The largest absolute Gasteiger partial charge is 0.496 e. The predicted octanol–water partition coefficient (Wildman–Crippen LogP) is 2.85. The molecule has 1 heterocycles. The highest BCUT2D eigenvalue weighted by Gasteiger charge is 2.09. The molecule has 1 aromatic carbocycles. The number of benzene rings is 1. The molecule has 0 unspecified atom stereocenters. The van der Waals surface area contributed by atoms with Gasteiger partial charge in [0.15, 0.2) is 0 Å². The Hall–Kier alpha value is -1.37. The highest BCUT2D eigenvalue weighted by Crippen LogP contribution is 2.30. The summed E-state index contributed by atoms with van der Waals surface area (Å²) in [4.78, 5) is 4.44. The molecule has 0 radical (unpaired) electrons. The topological polar surface area (TPSA) is 56.5 Å². The number of oxazole rings is 1. The van der Waals surface area contributed by atoms with Gasteiger partial charge in [-0.15, -0.1) is 0 Å². The van der Waals surface area contributed by atoms with Crippen LogP contribution in [0.3, 0.4) is 0 Å². The third-order valence-electron chi connectivity index (χ3n) is 2.74. The Kier molecular flexibility index (Phi) is 5.58. The van der Waals surface area contributed by atoms with Crippen molar-refractivity contribution in [1.82, 2.24) is 10.3 Å². The minimum absolute atomic E-state index is 0.594. The normalized spacial score (nSPS) is 10.8. The molecule has 0 amide bonds. The molecule has 0 saturated carbocycles. The minimum atomic E-state index is 0.594. The third kappa shape index (κ3) is 3.82. The molecule has 5 nitrogen and oxygen atoms in total. The maximum Gasteiger partial charge on any atom is 0.226 e. The van der Waals surface area contributed by atoms with Crippen LogP contribution in [-0.4, -0.2) is 32.4 Å². The van der Waals surface area contributed by atoms with Gasteiger partial charge >= 0.3 is 0 Å². The van der Waals surface area contributed by atoms with Crippen LogP contribution in [0.5, 0.6) is 5.75 Å². The standard InChI is InChI=1S/C14H17BrN2O3/c1-18-6-5-16-8-11-9-20-14(17-11)10-3-4-13(19-2)12(15)7-10/h3-4,7,9,16H,5-6,8H2,1-2H3. The van der Waals surface area contributed by atoms with E-state index in [1.165, 1.54) is 0 Å². The van der Waals surface area contributed by atoms with E-state index in [9.17, 15) is 0 Å². The lowest BCUT2D eigenvalue weighted by Gasteiger charge is -2.03. The first-order valence-electron chi connectivity index (χ1n) is 6.22. The number of aromatic nitrogens is 1. The summed E-state index contributed by atoms with van der Waals surface area (Å²) in [5.74, 6) is 1.37. The molecule has 6 heteroatoms. The second kappa shape index (κ2) is 7.42. The molecule has 2 rings (SSSR count). The second-order valence-electron chi connectivity index (χ2n) is 4.16. The van der Waals surface area contributed by atoms with Crippen molar-refractivity contribution in [3.8, 4) is 17.2 Å². The zero-order chi connectivity index (χ0) is 14.4. The van der Waals surface area contributed by atoms with Crippen molar-refractivity contribution in [3.63, 3.8) is 0 Å². The van der Waals surface area contributed by atoms with Crippen molar-refractivity contribution in [3.05, 3.63) is 34.6 Å². The lowest BCUT2D eigenvalue weighted by Crippen LogP contribution is -2.18. The number of nitrogens with zero attached hydrogens (tertiary/aromatic N) is 1. The van der Waals surface area contributed by atoms with Gasteiger partial charge in [-0.05, 0) is 34.1 Å². The third-order valence-corrected chi connectivity index (χ3v) is 3.36. The van der Waals surface area contributed by atoms with E-state index in [2.05, 4.69) is 26.2 Å². The minimum Gasteiger partial charge on any atom is -0.496 e. The van der Waals surface area contributed by atoms with E-state index in [0.29, 0.717) is 19.0 Å². The molecule has 1 N–H and O–H groups in total. The van der Waals surface area contributed by atoms with Gasteiger partial charge in [0, 0.05) is 25.8 Å². The van der Waals surface area contributed by atoms with Crippen LogP contribution in [-0.2, 0) is 11.3 Å². The molecule has 0 bridgehead atoms. The van der Waals surface area contributed by atoms with Crippen molar-refractivity contribution < 1.29 is 13.9 Å². The van der Waals surface area contributed by atoms with Crippen molar-refractivity contribution in [2.45, 2.75) is 6.54 Å². The molecular weight excluding hydrogens is 324 g/mol. The SMILES string of the molecule is COCCNCc1coc(-c2ccc(OC)c(Br)c2)n1. The summed E-state index contributed by atoms with van der Waals surface area (Å²) in [6, 6.07) is 5.71. The quantitative estimate of drug-likeness (QED) is 0.785. The van der Waals surface area contributed by atoms with Gasteiger partial charge in [0.25, 0.3) is 0 Å². The lowest BCUT2D eigenvalue weighted by molar-refractivity contribution is 0.199. The van der Waals surface area contributed by atoms with Gasteiger partial charge in [-0.3, -0.25) is 0 Å². The monoisotopic (exact) mass is 340 g/mol. The number of ether oxygens (including phenoxy) is 2. The average molecular weight is 341 g/mol. The number of nitrogens with one attached hydrogen (secondary N) is 1. The van der Waals surface area contributed by atoms with Crippen LogP contribution in [0.15, 0.2) is 33.4 Å². The lowest BCUT2D eigenvalue weighted by atomic mass is 10.2. The van der Waals surface area contributed by atoms with Gasteiger partial charge in [-0.1, -0.05) is 0 Å². The first-order valence-corrected chi connectivity index (χ1v) is 7.02. The smallest absolute Gasteiger partial charge is 0.226 e. The molecule has 0 aliphatic rings. The summed E-state index contributed by atoms with van der Waals surface area (Å²) < 4.78 is 16.5. The van der Waals surface area contributed by atoms with Crippen LogP contribution in [0.1, 0.15) is 5.69 Å². The molecule has 0 aliphatic carbocycles. The Labute approximate surface area is 126 Å². The van der Waals surface area contributed by atoms with E-state index in [1.54, 1.807) is 20.5 Å². The maximum absolute atomic E-state index is 5.49. The molecule has 2 aromatic rings. The summed E-state index contributed by atoms with van der Waals surface area (Å²) in [6.45, 7) is 2.12. The Balaban J connectivity index is 2.03. The van der Waals surface area contributed by atoms with E-state index in [1.807, 2.05) is 18.2 Å². The average Bonchev–Trinajstić information content (AvgIpc) is 2.92. The number of hydrogen-bond donors (Lipinski definition) is 1. The predicted molar refractivity (Wildman–Crippen MR) is 79.8 cm³/mol. The number of methoxy groups -OCH3 is 2. The van der Waals surface area contributed by atoms with Crippen molar-refractivity contribution in [1.29, 1.82) is 0 Å². The number of halogens is 1. The first-order chi connectivity index (χ1) is 9.74. The maximum atomic E-state index is 5.49. The Bertz CT molecular complexity index is 557.